The number of hydrogen-bond acceptors (Lipinski definition) is 2. The van der Waals surface area contributed by atoms with E-state index in [0.29, 0.717) is 11.3 Å². The molecule has 0 saturated heterocycles. The number of halogens is 3. The first-order valence-electron chi connectivity index (χ1n) is 5.18. The summed E-state index contributed by atoms with van der Waals surface area (Å²) in [6, 6.07) is 8.39. The van der Waals surface area contributed by atoms with E-state index in [1.54, 1.807) is 12.1 Å². The van der Waals surface area contributed by atoms with Gasteiger partial charge in [-0.1, -0.05) is 23.7 Å². The number of nitrogens with two attached hydrogens (primary N) is 1. The Morgan fingerprint density at radius 3 is 2.67 bits per heavy atom. The van der Waals surface area contributed by atoms with Crippen molar-refractivity contribution >= 4 is 17.3 Å². The molecule has 0 saturated carbocycles. The van der Waals surface area contributed by atoms with Gasteiger partial charge in [0, 0.05) is 5.56 Å². The Hall–Kier alpha value is -1.81. The SMILES string of the molecule is Nc1cccc(COc2ccc(F)cc2Cl)c1F. The molecule has 2 rings (SSSR count). The van der Waals surface area contributed by atoms with Crippen LogP contribution >= 0.6 is 11.6 Å². The topological polar surface area (TPSA) is 35.2 Å². The highest BCUT2D eigenvalue weighted by Crippen LogP contribution is 2.26. The van der Waals surface area contributed by atoms with Gasteiger partial charge < -0.3 is 10.5 Å². The monoisotopic (exact) mass is 269 g/mol. The van der Waals surface area contributed by atoms with Gasteiger partial charge in [-0.15, -0.1) is 0 Å². The second-order valence-electron chi connectivity index (χ2n) is 3.68. The van der Waals surface area contributed by atoms with Crippen molar-refractivity contribution in [1.29, 1.82) is 0 Å². The summed E-state index contributed by atoms with van der Waals surface area (Å²) < 4.78 is 31.7. The number of nitrogen functional groups attached to an aromatic ring is 1. The Balaban J connectivity index is 2.14. The van der Waals surface area contributed by atoms with E-state index in [1.165, 1.54) is 18.2 Å². The van der Waals surface area contributed by atoms with E-state index in [-0.39, 0.29) is 17.3 Å². The molecule has 0 unspecified atom stereocenters. The van der Waals surface area contributed by atoms with Crippen LogP contribution in [-0.4, -0.2) is 0 Å². The predicted octanol–water partition coefficient (Wildman–Crippen LogP) is 3.78. The van der Waals surface area contributed by atoms with Crippen LogP contribution in [0.15, 0.2) is 36.4 Å². The summed E-state index contributed by atoms with van der Waals surface area (Å²) in [5, 5.41) is 0.138. The number of ether oxygens (including phenoxy) is 1. The zero-order valence-corrected chi connectivity index (χ0v) is 10.0. The lowest BCUT2D eigenvalue weighted by Gasteiger charge is -2.09. The van der Waals surface area contributed by atoms with Crippen LogP contribution in [0.3, 0.4) is 0 Å². The minimum atomic E-state index is -0.518. The molecule has 0 aliphatic carbocycles. The van der Waals surface area contributed by atoms with E-state index in [4.69, 9.17) is 22.1 Å². The first-order chi connectivity index (χ1) is 8.58. The van der Waals surface area contributed by atoms with Gasteiger partial charge in [-0.05, 0) is 24.3 Å². The van der Waals surface area contributed by atoms with E-state index in [9.17, 15) is 8.78 Å². The number of anilines is 1. The van der Waals surface area contributed by atoms with E-state index in [0.717, 1.165) is 6.07 Å². The number of rotatable bonds is 3. The van der Waals surface area contributed by atoms with Crippen molar-refractivity contribution in [3.8, 4) is 5.75 Å². The fraction of sp³-hybridized carbons (Fsp3) is 0.0769. The van der Waals surface area contributed by atoms with Gasteiger partial charge in [-0.25, -0.2) is 8.78 Å². The molecular formula is C13H10ClF2NO. The summed E-state index contributed by atoms with van der Waals surface area (Å²) in [5.74, 6) is -0.682. The first kappa shape index (κ1) is 12.6. The summed E-state index contributed by atoms with van der Waals surface area (Å²) in [5.41, 5.74) is 5.81. The molecular weight excluding hydrogens is 260 g/mol. The molecule has 94 valence electrons. The standard InChI is InChI=1S/C13H10ClF2NO/c14-10-6-9(15)4-5-12(10)18-7-8-2-1-3-11(17)13(8)16/h1-6H,7,17H2. The molecule has 0 amide bonds. The van der Waals surface area contributed by atoms with Gasteiger partial charge in [0.2, 0.25) is 0 Å². The maximum atomic E-state index is 13.6. The summed E-state index contributed by atoms with van der Waals surface area (Å²) in [6.45, 7) is -0.0256. The van der Waals surface area contributed by atoms with Gasteiger partial charge in [0.15, 0.2) is 5.82 Å². The van der Waals surface area contributed by atoms with Crippen molar-refractivity contribution in [2.45, 2.75) is 6.61 Å². The maximum absolute atomic E-state index is 13.6. The molecule has 2 N–H and O–H groups in total. The van der Waals surface area contributed by atoms with Crippen LogP contribution in [0.5, 0.6) is 5.75 Å². The van der Waals surface area contributed by atoms with Crippen LogP contribution in [0.25, 0.3) is 0 Å². The van der Waals surface area contributed by atoms with Gasteiger partial charge in [0.05, 0.1) is 10.7 Å². The van der Waals surface area contributed by atoms with Gasteiger partial charge in [-0.3, -0.25) is 0 Å². The molecule has 0 fully saturated rings. The van der Waals surface area contributed by atoms with Gasteiger partial charge in [0.25, 0.3) is 0 Å². The molecule has 2 aromatic carbocycles. The van der Waals surface area contributed by atoms with Crippen LogP contribution in [0.2, 0.25) is 5.02 Å². The minimum absolute atomic E-state index is 0.0256. The highest BCUT2D eigenvalue weighted by atomic mass is 35.5. The summed E-state index contributed by atoms with van der Waals surface area (Å²) in [4.78, 5) is 0. The van der Waals surface area contributed by atoms with Crippen LogP contribution < -0.4 is 10.5 Å². The third-order valence-corrected chi connectivity index (χ3v) is 2.68. The lowest BCUT2D eigenvalue weighted by atomic mass is 10.2. The Bertz CT molecular complexity index is 575. The average molecular weight is 270 g/mol. The van der Waals surface area contributed by atoms with E-state index < -0.39 is 11.6 Å². The van der Waals surface area contributed by atoms with Crippen molar-refractivity contribution in [3.05, 3.63) is 58.6 Å². The first-order valence-corrected chi connectivity index (χ1v) is 5.56. The third kappa shape index (κ3) is 2.71. The van der Waals surface area contributed by atoms with Crippen LogP contribution in [0.4, 0.5) is 14.5 Å². The van der Waals surface area contributed by atoms with Gasteiger partial charge in [-0.2, -0.15) is 0 Å². The maximum Gasteiger partial charge on any atom is 0.152 e. The van der Waals surface area contributed by atoms with Gasteiger partial charge in [0.1, 0.15) is 18.2 Å². The zero-order valence-electron chi connectivity index (χ0n) is 9.29. The lowest BCUT2D eigenvalue weighted by molar-refractivity contribution is 0.300. The molecule has 0 aliphatic rings. The fourth-order valence-corrected chi connectivity index (χ4v) is 1.68. The summed E-state index contributed by atoms with van der Waals surface area (Å²) >= 11 is 5.78. The Labute approximate surface area is 108 Å². The molecule has 0 atom stereocenters. The smallest absolute Gasteiger partial charge is 0.152 e. The molecule has 0 heterocycles. The molecule has 2 nitrogen and oxygen atoms in total. The molecule has 5 heteroatoms. The molecule has 18 heavy (non-hydrogen) atoms. The van der Waals surface area contributed by atoms with Crippen LogP contribution in [0, 0.1) is 11.6 Å². The number of hydrogen-bond donors (Lipinski definition) is 1. The average Bonchev–Trinajstić information content (AvgIpc) is 2.33. The van der Waals surface area contributed by atoms with E-state index in [1.807, 2.05) is 0 Å². The Kier molecular flexibility index (Phi) is 3.67. The number of benzene rings is 2. The largest absolute Gasteiger partial charge is 0.487 e. The second kappa shape index (κ2) is 5.23. The third-order valence-electron chi connectivity index (χ3n) is 2.39. The molecule has 0 radical (unpaired) electrons. The Morgan fingerprint density at radius 2 is 1.94 bits per heavy atom. The predicted molar refractivity (Wildman–Crippen MR) is 66.6 cm³/mol. The normalized spacial score (nSPS) is 10.4. The summed E-state index contributed by atoms with van der Waals surface area (Å²) in [7, 11) is 0. The van der Waals surface area contributed by atoms with E-state index in [2.05, 4.69) is 0 Å². The van der Waals surface area contributed by atoms with Gasteiger partial charge >= 0.3 is 0 Å². The minimum Gasteiger partial charge on any atom is -0.487 e. The van der Waals surface area contributed by atoms with Crippen LogP contribution in [-0.2, 0) is 6.61 Å². The van der Waals surface area contributed by atoms with E-state index >= 15 is 0 Å². The molecule has 2 aromatic rings. The van der Waals surface area contributed by atoms with Crippen LogP contribution in [0.1, 0.15) is 5.56 Å². The quantitative estimate of drug-likeness (QED) is 0.861. The molecule has 0 aromatic heterocycles. The van der Waals surface area contributed by atoms with Crippen molar-refractivity contribution in [2.75, 3.05) is 5.73 Å². The van der Waals surface area contributed by atoms with Crippen molar-refractivity contribution in [2.24, 2.45) is 0 Å². The van der Waals surface area contributed by atoms with Crippen molar-refractivity contribution < 1.29 is 13.5 Å². The zero-order chi connectivity index (χ0) is 13.1. The lowest BCUT2D eigenvalue weighted by Crippen LogP contribution is -2.01. The highest BCUT2D eigenvalue weighted by molar-refractivity contribution is 6.32. The fourth-order valence-electron chi connectivity index (χ4n) is 1.46. The van der Waals surface area contributed by atoms with Crippen molar-refractivity contribution in [3.63, 3.8) is 0 Å². The Morgan fingerprint density at radius 1 is 1.17 bits per heavy atom. The highest BCUT2D eigenvalue weighted by Gasteiger charge is 2.08. The van der Waals surface area contributed by atoms with Crippen molar-refractivity contribution in [1.82, 2.24) is 0 Å². The molecule has 0 aliphatic heterocycles. The molecule has 0 bridgehead atoms. The molecule has 0 spiro atoms. The summed E-state index contributed by atoms with van der Waals surface area (Å²) in [6.07, 6.45) is 0. The second-order valence-corrected chi connectivity index (χ2v) is 4.09.